The van der Waals surface area contributed by atoms with Crippen LogP contribution in [0.15, 0.2) is 4.52 Å². The Kier molecular flexibility index (Phi) is 4.62. The Labute approximate surface area is 101 Å². The maximum absolute atomic E-state index is 8.79. The second kappa shape index (κ2) is 5.57. The number of hydrogen-bond donors (Lipinski definition) is 2. The van der Waals surface area contributed by atoms with E-state index in [4.69, 9.17) is 20.1 Å². The molecule has 2 unspecified atom stereocenters. The van der Waals surface area contributed by atoms with Crippen molar-refractivity contribution >= 4 is 0 Å². The van der Waals surface area contributed by atoms with Gasteiger partial charge < -0.3 is 20.1 Å². The molecule has 0 spiro atoms. The van der Waals surface area contributed by atoms with E-state index >= 15 is 0 Å². The lowest BCUT2D eigenvalue weighted by atomic mass is 9.88. The molecule has 2 atom stereocenters. The standard InChI is InChI=1S/C11H21N3O3/c1-11(2,3)8(16-4)9-13-10(17-14-9)7(12)5-6-15/h7-8,15H,5-6,12H2,1-4H3. The van der Waals surface area contributed by atoms with Crippen LogP contribution in [0, 0.1) is 5.41 Å². The highest BCUT2D eigenvalue weighted by Crippen LogP contribution is 2.34. The Morgan fingerprint density at radius 2 is 2.12 bits per heavy atom. The fraction of sp³-hybridized carbons (Fsp3) is 0.818. The molecule has 0 radical (unpaired) electrons. The van der Waals surface area contributed by atoms with Gasteiger partial charge in [-0.25, -0.2) is 0 Å². The summed E-state index contributed by atoms with van der Waals surface area (Å²) in [5, 5.41) is 12.7. The van der Waals surface area contributed by atoms with Gasteiger partial charge in [0, 0.05) is 13.7 Å². The van der Waals surface area contributed by atoms with E-state index in [0.717, 1.165) is 0 Å². The summed E-state index contributed by atoms with van der Waals surface area (Å²) in [5.41, 5.74) is 5.64. The van der Waals surface area contributed by atoms with Crippen LogP contribution >= 0.6 is 0 Å². The van der Waals surface area contributed by atoms with Crippen LogP contribution < -0.4 is 5.73 Å². The highest BCUT2D eigenvalue weighted by atomic mass is 16.5. The number of ether oxygens (including phenoxy) is 1. The van der Waals surface area contributed by atoms with Crippen molar-refractivity contribution in [3.8, 4) is 0 Å². The molecule has 0 amide bonds. The lowest BCUT2D eigenvalue weighted by Gasteiger charge is -2.26. The van der Waals surface area contributed by atoms with Gasteiger partial charge in [0.05, 0.1) is 6.04 Å². The fourth-order valence-corrected chi connectivity index (χ4v) is 1.61. The van der Waals surface area contributed by atoms with E-state index in [9.17, 15) is 0 Å². The van der Waals surface area contributed by atoms with E-state index in [1.807, 2.05) is 20.8 Å². The number of hydrogen-bond acceptors (Lipinski definition) is 6. The van der Waals surface area contributed by atoms with Gasteiger partial charge in [0.2, 0.25) is 11.7 Å². The molecular formula is C11H21N3O3. The van der Waals surface area contributed by atoms with Crippen molar-refractivity contribution < 1.29 is 14.4 Å². The molecule has 1 rings (SSSR count). The summed E-state index contributed by atoms with van der Waals surface area (Å²) in [6.45, 7) is 6.09. The van der Waals surface area contributed by atoms with Crippen molar-refractivity contribution in [2.24, 2.45) is 11.1 Å². The smallest absolute Gasteiger partial charge is 0.243 e. The van der Waals surface area contributed by atoms with Crippen LogP contribution in [0.25, 0.3) is 0 Å². The monoisotopic (exact) mass is 243 g/mol. The summed E-state index contributed by atoms with van der Waals surface area (Å²) >= 11 is 0. The normalized spacial score (nSPS) is 15.9. The Morgan fingerprint density at radius 1 is 1.47 bits per heavy atom. The topological polar surface area (TPSA) is 94.4 Å². The maximum Gasteiger partial charge on any atom is 0.243 e. The lowest BCUT2D eigenvalue weighted by Crippen LogP contribution is -2.21. The molecular weight excluding hydrogens is 222 g/mol. The number of methoxy groups -OCH3 is 1. The molecule has 0 aliphatic rings. The molecule has 98 valence electrons. The molecule has 0 aromatic carbocycles. The van der Waals surface area contributed by atoms with Gasteiger partial charge in [-0.1, -0.05) is 25.9 Å². The number of aromatic nitrogens is 2. The summed E-state index contributed by atoms with van der Waals surface area (Å²) in [6, 6.07) is -0.432. The minimum atomic E-state index is -0.432. The summed E-state index contributed by atoms with van der Waals surface area (Å²) < 4.78 is 10.5. The third kappa shape index (κ3) is 3.49. The molecule has 3 N–H and O–H groups in total. The van der Waals surface area contributed by atoms with Crippen LogP contribution in [0.1, 0.15) is 51.1 Å². The van der Waals surface area contributed by atoms with Crippen LogP contribution in [0.4, 0.5) is 0 Å². The molecule has 0 saturated heterocycles. The predicted molar refractivity (Wildman–Crippen MR) is 62.1 cm³/mol. The summed E-state index contributed by atoms with van der Waals surface area (Å²) in [4.78, 5) is 4.23. The Balaban J connectivity index is 2.86. The van der Waals surface area contributed by atoms with E-state index in [-0.39, 0.29) is 18.1 Å². The van der Waals surface area contributed by atoms with Crippen molar-refractivity contribution in [2.45, 2.75) is 39.3 Å². The van der Waals surface area contributed by atoms with E-state index < -0.39 is 6.04 Å². The van der Waals surface area contributed by atoms with Gasteiger partial charge in [-0.3, -0.25) is 0 Å². The molecule has 0 saturated carbocycles. The first-order valence-corrected chi connectivity index (χ1v) is 5.63. The van der Waals surface area contributed by atoms with Gasteiger partial charge in [0.25, 0.3) is 0 Å². The quantitative estimate of drug-likeness (QED) is 0.806. The molecule has 6 heteroatoms. The number of aliphatic hydroxyl groups excluding tert-OH is 1. The van der Waals surface area contributed by atoms with Crippen molar-refractivity contribution in [2.75, 3.05) is 13.7 Å². The van der Waals surface area contributed by atoms with Crippen LogP contribution in [-0.4, -0.2) is 29.0 Å². The van der Waals surface area contributed by atoms with Crippen LogP contribution in [-0.2, 0) is 4.74 Å². The van der Waals surface area contributed by atoms with Crippen molar-refractivity contribution in [3.63, 3.8) is 0 Å². The number of nitrogens with zero attached hydrogens (tertiary/aromatic N) is 2. The second-order valence-electron chi connectivity index (χ2n) is 5.09. The molecule has 1 aromatic rings. The third-order valence-electron chi connectivity index (χ3n) is 2.47. The number of rotatable bonds is 5. The Hall–Kier alpha value is -0.980. The van der Waals surface area contributed by atoms with E-state index in [1.165, 1.54) is 0 Å². The van der Waals surface area contributed by atoms with Crippen LogP contribution in [0.5, 0.6) is 0 Å². The van der Waals surface area contributed by atoms with Crippen molar-refractivity contribution in [1.82, 2.24) is 10.1 Å². The largest absolute Gasteiger partial charge is 0.396 e. The molecule has 0 bridgehead atoms. The highest BCUT2D eigenvalue weighted by molar-refractivity contribution is 4.98. The number of aliphatic hydroxyl groups is 1. The first-order chi connectivity index (χ1) is 7.90. The minimum Gasteiger partial charge on any atom is -0.396 e. The average molecular weight is 243 g/mol. The highest BCUT2D eigenvalue weighted by Gasteiger charge is 2.31. The summed E-state index contributed by atoms with van der Waals surface area (Å²) in [5.74, 6) is 0.823. The zero-order valence-electron chi connectivity index (χ0n) is 10.8. The lowest BCUT2D eigenvalue weighted by molar-refractivity contribution is 0.00718. The average Bonchev–Trinajstić information content (AvgIpc) is 2.66. The molecule has 6 nitrogen and oxygen atoms in total. The Bertz CT molecular complexity index is 346. The van der Waals surface area contributed by atoms with Gasteiger partial charge >= 0.3 is 0 Å². The van der Waals surface area contributed by atoms with Crippen LogP contribution in [0.2, 0.25) is 0 Å². The molecule has 1 heterocycles. The predicted octanol–water partition coefficient (Wildman–Crippen LogP) is 1.19. The summed E-state index contributed by atoms with van der Waals surface area (Å²) in [6.07, 6.45) is 0.149. The van der Waals surface area contributed by atoms with Gasteiger partial charge in [0.1, 0.15) is 6.10 Å². The zero-order chi connectivity index (χ0) is 13.1. The van der Waals surface area contributed by atoms with Gasteiger partial charge in [-0.05, 0) is 11.8 Å². The van der Waals surface area contributed by atoms with Crippen molar-refractivity contribution in [3.05, 3.63) is 11.7 Å². The van der Waals surface area contributed by atoms with Crippen molar-refractivity contribution in [1.29, 1.82) is 0 Å². The zero-order valence-corrected chi connectivity index (χ0v) is 10.8. The van der Waals surface area contributed by atoms with E-state index in [2.05, 4.69) is 10.1 Å². The molecule has 17 heavy (non-hydrogen) atoms. The Morgan fingerprint density at radius 3 is 2.59 bits per heavy atom. The minimum absolute atomic E-state index is 0.00808. The SMILES string of the molecule is COC(c1noc(C(N)CCO)n1)C(C)(C)C. The fourth-order valence-electron chi connectivity index (χ4n) is 1.61. The molecule has 1 aromatic heterocycles. The second-order valence-corrected chi connectivity index (χ2v) is 5.09. The van der Waals surface area contributed by atoms with Gasteiger partial charge in [-0.15, -0.1) is 0 Å². The van der Waals surface area contributed by atoms with Gasteiger partial charge in [-0.2, -0.15) is 4.98 Å². The molecule has 0 aliphatic heterocycles. The maximum atomic E-state index is 8.79. The molecule has 0 fully saturated rings. The van der Waals surface area contributed by atoms with Crippen LogP contribution in [0.3, 0.4) is 0 Å². The summed E-state index contributed by atoms with van der Waals surface area (Å²) in [7, 11) is 1.61. The third-order valence-corrected chi connectivity index (χ3v) is 2.47. The van der Waals surface area contributed by atoms with E-state index in [1.54, 1.807) is 7.11 Å². The van der Waals surface area contributed by atoms with E-state index in [0.29, 0.717) is 18.1 Å². The molecule has 0 aliphatic carbocycles. The first kappa shape index (κ1) is 14.1. The first-order valence-electron chi connectivity index (χ1n) is 5.63. The van der Waals surface area contributed by atoms with Gasteiger partial charge in [0.15, 0.2) is 0 Å². The number of nitrogens with two attached hydrogens (primary N) is 1.